The Morgan fingerprint density at radius 2 is 1.85 bits per heavy atom. The molecule has 3 rings (SSSR count). The molecule has 3 unspecified atom stereocenters. The first-order valence-corrected chi connectivity index (χ1v) is 11.0. The summed E-state index contributed by atoms with van der Waals surface area (Å²) in [6.07, 6.45) is 1.78. The molecule has 0 aromatic heterocycles. The molecule has 1 saturated carbocycles. The first kappa shape index (κ1) is 19.6. The lowest BCUT2D eigenvalue weighted by Gasteiger charge is -2.19. The summed E-state index contributed by atoms with van der Waals surface area (Å²) in [5.41, 5.74) is 12.2. The van der Waals surface area contributed by atoms with Crippen LogP contribution in [0.4, 0.5) is 5.69 Å². The smallest absolute Gasteiger partial charge is 0.258 e. The van der Waals surface area contributed by atoms with Crippen molar-refractivity contribution >= 4 is 37.5 Å². The summed E-state index contributed by atoms with van der Waals surface area (Å²) >= 11 is 3.57. The maximum Gasteiger partial charge on any atom is 0.258 e. The standard InChI is InChI=1S/C16H24BrN5O3S/c1-9(2)14-13(17)15(20-19-14)16(23)21-18-10-5-7-12(8-6-10)26(24,25)22-11-3-4-11/h5-9,11,13-15,18-20,22H,3-4H2,1-2H3,(H,21,23). The minimum Gasteiger partial charge on any atom is -0.299 e. The quantitative estimate of drug-likeness (QED) is 0.314. The van der Waals surface area contributed by atoms with Gasteiger partial charge in [0.2, 0.25) is 10.0 Å². The second kappa shape index (κ2) is 7.81. The van der Waals surface area contributed by atoms with Gasteiger partial charge in [-0.3, -0.25) is 21.1 Å². The summed E-state index contributed by atoms with van der Waals surface area (Å²) < 4.78 is 26.9. The lowest BCUT2D eigenvalue weighted by Crippen LogP contribution is -2.47. The maximum absolute atomic E-state index is 12.3. The normalized spacial score (nSPS) is 26.1. The Balaban J connectivity index is 1.54. The van der Waals surface area contributed by atoms with Gasteiger partial charge >= 0.3 is 0 Å². The van der Waals surface area contributed by atoms with E-state index in [2.05, 4.69) is 56.2 Å². The molecule has 2 aliphatic rings. The zero-order valence-corrected chi connectivity index (χ0v) is 17.0. The van der Waals surface area contributed by atoms with Crippen molar-refractivity contribution < 1.29 is 13.2 Å². The Morgan fingerprint density at radius 3 is 2.38 bits per heavy atom. The molecule has 1 amide bonds. The average molecular weight is 446 g/mol. The van der Waals surface area contributed by atoms with Crippen molar-refractivity contribution in [2.75, 3.05) is 5.43 Å². The van der Waals surface area contributed by atoms with Crippen LogP contribution in [0.3, 0.4) is 0 Å². The number of alkyl halides is 1. The highest BCUT2D eigenvalue weighted by atomic mass is 79.9. The van der Waals surface area contributed by atoms with Gasteiger partial charge in [-0.2, -0.15) is 0 Å². The van der Waals surface area contributed by atoms with Crippen molar-refractivity contribution in [2.45, 2.75) is 54.5 Å². The average Bonchev–Trinajstić information content (AvgIpc) is 3.30. The minimum atomic E-state index is -3.47. The van der Waals surface area contributed by atoms with Crippen LogP contribution in [0, 0.1) is 5.92 Å². The Bertz CT molecular complexity index is 752. The topological polar surface area (TPSA) is 111 Å². The monoisotopic (exact) mass is 445 g/mol. The summed E-state index contributed by atoms with van der Waals surface area (Å²) in [6, 6.07) is 6.05. The van der Waals surface area contributed by atoms with E-state index in [9.17, 15) is 13.2 Å². The Labute approximate surface area is 162 Å². The second-order valence-electron chi connectivity index (χ2n) is 7.01. The van der Waals surface area contributed by atoms with Gasteiger partial charge in [-0.1, -0.05) is 29.8 Å². The highest BCUT2D eigenvalue weighted by molar-refractivity contribution is 9.09. The number of benzene rings is 1. The molecule has 1 aromatic carbocycles. The van der Waals surface area contributed by atoms with Crippen molar-refractivity contribution in [3.05, 3.63) is 24.3 Å². The van der Waals surface area contributed by atoms with E-state index in [1.807, 2.05) is 0 Å². The summed E-state index contributed by atoms with van der Waals surface area (Å²) in [4.78, 5) is 12.5. The number of amides is 1. The zero-order chi connectivity index (χ0) is 18.9. The number of nitrogens with one attached hydrogen (secondary N) is 5. The van der Waals surface area contributed by atoms with Gasteiger partial charge in [0.15, 0.2) is 0 Å². The first-order chi connectivity index (χ1) is 12.3. The van der Waals surface area contributed by atoms with Gasteiger partial charge in [0, 0.05) is 12.1 Å². The van der Waals surface area contributed by atoms with Gasteiger partial charge < -0.3 is 0 Å². The summed E-state index contributed by atoms with van der Waals surface area (Å²) in [7, 11) is -3.47. The third kappa shape index (κ3) is 4.55. The van der Waals surface area contributed by atoms with Crippen LogP contribution in [0.5, 0.6) is 0 Å². The molecule has 3 atom stereocenters. The molecule has 0 bridgehead atoms. The van der Waals surface area contributed by atoms with Gasteiger partial charge in [0.1, 0.15) is 6.04 Å². The molecule has 1 aliphatic carbocycles. The lowest BCUT2D eigenvalue weighted by molar-refractivity contribution is -0.122. The van der Waals surface area contributed by atoms with E-state index in [0.717, 1.165) is 12.8 Å². The molecule has 0 radical (unpaired) electrons. The second-order valence-corrected chi connectivity index (χ2v) is 9.79. The van der Waals surface area contributed by atoms with E-state index in [1.165, 1.54) is 12.1 Å². The molecule has 26 heavy (non-hydrogen) atoms. The molecule has 2 fully saturated rings. The van der Waals surface area contributed by atoms with Crippen molar-refractivity contribution in [3.63, 3.8) is 0 Å². The predicted molar refractivity (Wildman–Crippen MR) is 103 cm³/mol. The summed E-state index contributed by atoms with van der Waals surface area (Å²) in [6.45, 7) is 4.17. The van der Waals surface area contributed by atoms with E-state index in [-0.39, 0.29) is 27.7 Å². The molecule has 5 N–H and O–H groups in total. The van der Waals surface area contributed by atoms with Crippen molar-refractivity contribution in [2.24, 2.45) is 5.92 Å². The highest BCUT2D eigenvalue weighted by Crippen LogP contribution is 2.23. The number of carbonyl (C=O) groups excluding carboxylic acids is 1. The van der Waals surface area contributed by atoms with Crippen LogP contribution in [0.15, 0.2) is 29.2 Å². The number of hydrogen-bond acceptors (Lipinski definition) is 6. The molecule has 8 nitrogen and oxygen atoms in total. The molecule has 10 heteroatoms. The number of hydrogen-bond donors (Lipinski definition) is 5. The van der Waals surface area contributed by atoms with Gasteiger partial charge in [-0.15, -0.1) is 0 Å². The Morgan fingerprint density at radius 1 is 1.19 bits per heavy atom. The molecule has 144 valence electrons. The van der Waals surface area contributed by atoms with E-state index in [4.69, 9.17) is 0 Å². The van der Waals surface area contributed by atoms with E-state index in [1.54, 1.807) is 12.1 Å². The Hall–Kier alpha value is -1.20. The Kier molecular flexibility index (Phi) is 5.88. The van der Waals surface area contributed by atoms with Crippen molar-refractivity contribution in [3.8, 4) is 0 Å². The maximum atomic E-state index is 12.3. The minimum absolute atomic E-state index is 0.0367. The molecule has 1 heterocycles. The number of sulfonamides is 1. The van der Waals surface area contributed by atoms with Crippen LogP contribution in [-0.2, 0) is 14.8 Å². The van der Waals surface area contributed by atoms with Crippen LogP contribution in [-0.4, -0.2) is 37.3 Å². The molecule has 1 saturated heterocycles. The molecule has 1 aromatic rings. The molecule has 0 spiro atoms. The van der Waals surface area contributed by atoms with Gasteiger partial charge in [0.25, 0.3) is 5.91 Å². The van der Waals surface area contributed by atoms with E-state index < -0.39 is 16.1 Å². The fourth-order valence-corrected chi connectivity index (χ4v) is 5.13. The number of hydrazine groups is 2. The van der Waals surface area contributed by atoms with Crippen LogP contribution in [0.25, 0.3) is 0 Å². The van der Waals surface area contributed by atoms with E-state index in [0.29, 0.717) is 11.6 Å². The predicted octanol–water partition coefficient (Wildman–Crippen LogP) is 0.835. The third-order valence-electron chi connectivity index (χ3n) is 4.46. The first-order valence-electron chi connectivity index (χ1n) is 8.61. The van der Waals surface area contributed by atoms with Crippen LogP contribution < -0.4 is 26.4 Å². The third-order valence-corrected chi connectivity index (χ3v) is 7.10. The zero-order valence-electron chi connectivity index (χ0n) is 14.6. The van der Waals surface area contributed by atoms with Gasteiger partial charge in [0.05, 0.1) is 15.4 Å². The fourth-order valence-electron chi connectivity index (χ4n) is 2.71. The number of anilines is 1. The summed E-state index contributed by atoms with van der Waals surface area (Å²) in [5, 5.41) is 0. The largest absolute Gasteiger partial charge is 0.299 e. The fraction of sp³-hybridized carbons (Fsp3) is 0.562. The molecule has 1 aliphatic heterocycles. The number of rotatable bonds is 7. The highest BCUT2D eigenvalue weighted by Gasteiger charge is 2.39. The molecular weight excluding hydrogens is 422 g/mol. The van der Waals surface area contributed by atoms with Crippen molar-refractivity contribution in [1.29, 1.82) is 0 Å². The van der Waals surface area contributed by atoms with Gasteiger partial charge in [-0.05, 0) is 43.0 Å². The number of halogens is 1. The molecular formula is C16H24BrN5O3S. The lowest BCUT2D eigenvalue weighted by atomic mass is 9.99. The van der Waals surface area contributed by atoms with Crippen LogP contribution in [0.1, 0.15) is 26.7 Å². The van der Waals surface area contributed by atoms with E-state index >= 15 is 0 Å². The van der Waals surface area contributed by atoms with Crippen LogP contribution in [0.2, 0.25) is 0 Å². The van der Waals surface area contributed by atoms with Gasteiger partial charge in [-0.25, -0.2) is 18.6 Å². The summed E-state index contributed by atoms with van der Waals surface area (Å²) in [5.74, 6) is 0.158. The van der Waals surface area contributed by atoms with Crippen LogP contribution >= 0.6 is 15.9 Å². The number of carbonyl (C=O) groups is 1. The van der Waals surface area contributed by atoms with Crippen molar-refractivity contribution in [1.82, 2.24) is 21.0 Å². The SMILES string of the molecule is CC(C)C1NNC(C(=O)NNc2ccc(S(=O)(=O)NC3CC3)cc2)C1Br.